The Hall–Kier alpha value is -3.38. The van der Waals surface area contributed by atoms with Crippen LogP contribution in [0.25, 0.3) is 22.0 Å². The Balaban J connectivity index is 1.96. The zero-order valence-electron chi connectivity index (χ0n) is 13.3. The van der Waals surface area contributed by atoms with Gasteiger partial charge < -0.3 is 14.9 Å². The monoisotopic (exact) mass is 365 g/mol. The number of aromatic carboxylic acids is 1. The van der Waals surface area contributed by atoms with E-state index >= 15 is 0 Å². The number of aromatic nitrogens is 2. The third kappa shape index (κ3) is 2.87. The molecule has 26 heavy (non-hydrogen) atoms. The Labute approximate surface area is 153 Å². The second kappa shape index (κ2) is 6.50. The predicted molar refractivity (Wildman–Crippen MR) is 98.9 cm³/mol. The summed E-state index contributed by atoms with van der Waals surface area (Å²) >= 11 is 6.17. The third-order valence-corrected chi connectivity index (χ3v) is 4.23. The van der Waals surface area contributed by atoms with Gasteiger partial charge in [0, 0.05) is 27.7 Å². The number of halogens is 1. The molecule has 6 nitrogen and oxygen atoms in total. The smallest absolute Gasteiger partial charge is 0.337 e. The van der Waals surface area contributed by atoms with Crippen molar-refractivity contribution >= 4 is 39.8 Å². The molecule has 0 saturated carbocycles. The molecule has 0 aliphatic carbocycles. The molecule has 7 heteroatoms. The van der Waals surface area contributed by atoms with Gasteiger partial charge in [-0.1, -0.05) is 28.9 Å². The van der Waals surface area contributed by atoms with Crippen LogP contribution in [-0.4, -0.2) is 21.2 Å². The number of hydrogen-bond acceptors (Lipinski definition) is 5. The van der Waals surface area contributed by atoms with Gasteiger partial charge in [0.25, 0.3) is 0 Å². The van der Waals surface area contributed by atoms with Gasteiger partial charge in [0.2, 0.25) is 0 Å². The standard InChI is InChI=1S/C19H12ClN3O3/c20-12-5-6-16-14(7-12)18(15(9-21-16)11-8-22-26-10-11)23-17-4-2-1-3-13(17)19(24)25/h1-10H,(H,21,23)(H,24,25). The minimum atomic E-state index is -1.02. The molecular weight excluding hydrogens is 354 g/mol. The molecule has 2 aromatic heterocycles. The van der Waals surface area contributed by atoms with E-state index in [1.54, 1.807) is 48.8 Å². The van der Waals surface area contributed by atoms with E-state index in [1.165, 1.54) is 6.26 Å². The van der Waals surface area contributed by atoms with Crippen LogP contribution in [-0.2, 0) is 0 Å². The molecule has 2 heterocycles. The van der Waals surface area contributed by atoms with Crippen molar-refractivity contribution in [2.75, 3.05) is 5.32 Å². The Morgan fingerprint density at radius 3 is 2.77 bits per heavy atom. The fourth-order valence-electron chi connectivity index (χ4n) is 2.77. The number of carboxylic acids is 1. The number of carbonyl (C=O) groups is 1. The average molecular weight is 366 g/mol. The van der Waals surface area contributed by atoms with Crippen LogP contribution < -0.4 is 5.32 Å². The molecule has 0 radical (unpaired) electrons. The molecule has 4 aromatic rings. The first-order chi connectivity index (χ1) is 12.6. The highest BCUT2D eigenvalue weighted by atomic mass is 35.5. The molecular formula is C19H12ClN3O3. The van der Waals surface area contributed by atoms with Crippen LogP contribution in [0, 0.1) is 0 Å². The van der Waals surface area contributed by atoms with Crippen molar-refractivity contribution in [3.8, 4) is 11.1 Å². The number of para-hydroxylation sites is 1. The van der Waals surface area contributed by atoms with E-state index in [0.29, 0.717) is 16.4 Å². The normalized spacial score (nSPS) is 10.8. The number of pyridine rings is 1. The summed E-state index contributed by atoms with van der Waals surface area (Å²) in [5.74, 6) is -1.02. The lowest BCUT2D eigenvalue weighted by Gasteiger charge is -2.15. The summed E-state index contributed by atoms with van der Waals surface area (Å²) in [4.78, 5) is 16.0. The number of anilines is 2. The average Bonchev–Trinajstić information content (AvgIpc) is 3.17. The lowest BCUT2D eigenvalue weighted by Crippen LogP contribution is -2.04. The number of nitrogens with zero attached hydrogens (tertiary/aromatic N) is 2. The van der Waals surface area contributed by atoms with Gasteiger partial charge in [-0.25, -0.2) is 4.79 Å². The van der Waals surface area contributed by atoms with Gasteiger partial charge in [-0.3, -0.25) is 4.98 Å². The first kappa shape index (κ1) is 16.1. The summed E-state index contributed by atoms with van der Waals surface area (Å²) in [6.45, 7) is 0. The predicted octanol–water partition coefficient (Wildman–Crippen LogP) is 4.99. The summed E-state index contributed by atoms with van der Waals surface area (Å²) in [7, 11) is 0. The van der Waals surface area contributed by atoms with Gasteiger partial charge in [-0.15, -0.1) is 0 Å². The minimum absolute atomic E-state index is 0.163. The van der Waals surface area contributed by atoms with Crippen LogP contribution >= 0.6 is 11.6 Å². The van der Waals surface area contributed by atoms with E-state index in [2.05, 4.69) is 15.5 Å². The second-order valence-corrected chi connectivity index (χ2v) is 6.03. The topological polar surface area (TPSA) is 88.2 Å². The summed E-state index contributed by atoms with van der Waals surface area (Å²) in [6, 6.07) is 12.0. The van der Waals surface area contributed by atoms with Crippen molar-refractivity contribution in [2.24, 2.45) is 0 Å². The molecule has 128 valence electrons. The van der Waals surface area contributed by atoms with Crippen molar-refractivity contribution in [3.05, 3.63) is 71.7 Å². The van der Waals surface area contributed by atoms with Crippen LogP contribution in [0.3, 0.4) is 0 Å². The van der Waals surface area contributed by atoms with Gasteiger partial charge in [-0.2, -0.15) is 0 Å². The number of nitrogens with one attached hydrogen (secondary N) is 1. The molecule has 2 N–H and O–H groups in total. The van der Waals surface area contributed by atoms with E-state index in [9.17, 15) is 9.90 Å². The van der Waals surface area contributed by atoms with Crippen LogP contribution in [0.1, 0.15) is 10.4 Å². The molecule has 0 aliphatic heterocycles. The Morgan fingerprint density at radius 2 is 2.00 bits per heavy atom. The van der Waals surface area contributed by atoms with Gasteiger partial charge in [0.15, 0.2) is 0 Å². The van der Waals surface area contributed by atoms with Crippen LogP contribution in [0.4, 0.5) is 11.4 Å². The van der Waals surface area contributed by atoms with E-state index in [0.717, 1.165) is 22.0 Å². The quantitative estimate of drug-likeness (QED) is 0.530. The SMILES string of the molecule is O=C(O)c1ccccc1Nc1c(-c2cnoc2)cnc2ccc(Cl)cc12. The van der Waals surface area contributed by atoms with Gasteiger partial charge >= 0.3 is 5.97 Å². The molecule has 0 fully saturated rings. The van der Waals surface area contributed by atoms with E-state index in [1.807, 2.05) is 6.07 Å². The molecule has 2 aromatic carbocycles. The molecule has 0 bridgehead atoms. The van der Waals surface area contributed by atoms with Crippen molar-refractivity contribution < 1.29 is 14.4 Å². The van der Waals surface area contributed by atoms with Gasteiger partial charge in [0.05, 0.1) is 28.7 Å². The van der Waals surface area contributed by atoms with Crippen LogP contribution in [0.2, 0.25) is 5.02 Å². The van der Waals surface area contributed by atoms with Crippen molar-refractivity contribution in [2.45, 2.75) is 0 Å². The Bertz CT molecular complexity index is 1110. The summed E-state index contributed by atoms with van der Waals surface area (Å²) < 4.78 is 4.95. The highest BCUT2D eigenvalue weighted by molar-refractivity contribution is 6.31. The highest BCUT2D eigenvalue weighted by Crippen LogP contribution is 2.37. The fraction of sp³-hybridized carbons (Fsp3) is 0. The number of fused-ring (bicyclic) bond motifs is 1. The molecule has 0 saturated heterocycles. The molecule has 0 atom stereocenters. The first-order valence-corrected chi connectivity index (χ1v) is 8.08. The number of hydrogen-bond donors (Lipinski definition) is 2. The van der Waals surface area contributed by atoms with E-state index in [-0.39, 0.29) is 5.56 Å². The van der Waals surface area contributed by atoms with Gasteiger partial charge in [0.1, 0.15) is 6.26 Å². The van der Waals surface area contributed by atoms with E-state index < -0.39 is 5.97 Å². The third-order valence-electron chi connectivity index (χ3n) is 3.99. The lowest BCUT2D eigenvalue weighted by atomic mass is 10.0. The summed E-state index contributed by atoms with van der Waals surface area (Å²) in [5.41, 5.74) is 3.47. The fourth-order valence-corrected chi connectivity index (χ4v) is 2.94. The van der Waals surface area contributed by atoms with Gasteiger partial charge in [-0.05, 0) is 30.3 Å². The van der Waals surface area contributed by atoms with Crippen molar-refractivity contribution in [1.29, 1.82) is 0 Å². The van der Waals surface area contributed by atoms with E-state index in [4.69, 9.17) is 16.1 Å². The lowest BCUT2D eigenvalue weighted by molar-refractivity contribution is 0.0698. The molecule has 0 unspecified atom stereocenters. The summed E-state index contributed by atoms with van der Waals surface area (Å²) in [5, 5.41) is 17.7. The highest BCUT2D eigenvalue weighted by Gasteiger charge is 2.16. The number of benzene rings is 2. The first-order valence-electron chi connectivity index (χ1n) is 7.71. The van der Waals surface area contributed by atoms with Crippen molar-refractivity contribution in [1.82, 2.24) is 10.1 Å². The van der Waals surface area contributed by atoms with Crippen LogP contribution in [0.15, 0.2) is 65.6 Å². The zero-order chi connectivity index (χ0) is 18.1. The molecule has 0 spiro atoms. The zero-order valence-corrected chi connectivity index (χ0v) is 14.1. The maximum absolute atomic E-state index is 11.5. The molecule has 0 amide bonds. The Kier molecular flexibility index (Phi) is 4.02. The number of carboxylic acid groups (broad SMARTS) is 1. The maximum atomic E-state index is 11.5. The molecule has 0 aliphatic rings. The number of rotatable bonds is 4. The minimum Gasteiger partial charge on any atom is -0.478 e. The van der Waals surface area contributed by atoms with Crippen molar-refractivity contribution in [3.63, 3.8) is 0 Å². The molecule has 4 rings (SSSR count). The largest absolute Gasteiger partial charge is 0.478 e. The second-order valence-electron chi connectivity index (χ2n) is 5.60. The summed E-state index contributed by atoms with van der Waals surface area (Å²) in [6.07, 6.45) is 4.76. The Morgan fingerprint density at radius 1 is 1.15 bits per heavy atom. The van der Waals surface area contributed by atoms with Crippen LogP contribution in [0.5, 0.6) is 0 Å². The maximum Gasteiger partial charge on any atom is 0.337 e.